The van der Waals surface area contributed by atoms with Crippen molar-refractivity contribution < 1.29 is 13.2 Å². The summed E-state index contributed by atoms with van der Waals surface area (Å²) in [5.41, 5.74) is 1.49. The molecule has 0 saturated carbocycles. The molecule has 0 atom stereocenters. The second-order valence-corrected chi connectivity index (χ2v) is 10.4. The van der Waals surface area contributed by atoms with Crippen LogP contribution in [0.3, 0.4) is 0 Å². The molecule has 0 spiro atoms. The number of aromatic nitrogens is 1. The molecule has 0 unspecified atom stereocenters. The predicted octanol–water partition coefficient (Wildman–Crippen LogP) is 3.21. The number of halogens is 1. The van der Waals surface area contributed by atoms with E-state index in [9.17, 15) is 13.2 Å². The van der Waals surface area contributed by atoms with Gasteiger partial charge in [-0.1, -0.05) is 59.3 Å². The Balaban J connectivity index is 1.36. The summed E-state index contributed by atoms with van der Waals surface area (Å²) in [6.07, 6.45) is 0. The first-order valence-electron chi connectivity index (χ1n) is 9.23. The van der Waals surface area contributed by atoms with Gasteiger partial charge in [-0.2, -0.15) is 0 Å². The fraction of sp³-hybridized carbons (Fsp3) is 0.300. The number of amides is 1. The molecule has 152 valence electrons. The largest absolute Gasteiger partial charge is 0.345 e. The van der Waals surface area contributed by atoms with Crippen molar-refractivity contribution in [1.29, 1.82) is 0 Å². The van der Waals surface area contributed by atoms with Gasteiger partial charge < -0.3 is 9.80 Å². The Morgan fingerprint density at radius 2 is 1.76 bits per heavy atom. The van der Waals surface area contributed by atoms with Gasteiger partial charge in [0, 0.05) is 26.2 Å². The first-order chi connectivity index (χ1) is 13.9. The number of carbonyl (C=O) groups excluding carboxylic acids is 1. The van der Waals surface area contributed by atoms with Crippen LogP contribution in [0.1, 0.15) is 5.56 Å². The van der Waals surface area contributed by atoms with Crippen molar-refractivity contribution in [3.63, 3.8) is 0 Å². The number of rotatable bonds is 5. The van der Waals surface area contributed by atoms with Crippen LogP contribution in [0.25, 0.3) is 10.2 Å². The van der Waals surface area contributed by atoms with Crippen molar-refractivity contribution >= 4 is 54.0 Å². The SMILES string of the molecule is O=C(CS(=O)(=O)Cc1ccccc1)N1CCN(c2nc3c(Cl)cccc3s2)CC1. The minimum Gasteiger partial charge on any atom is -0.345 e. The molecule has 6 nitrogen and oxygen atoms in total. The standard InChI is InChI=1S/C20H20ClN3O3S2/c21-16-7-4-8-17-19(16)22-20(28-17)24-11-9-23(10-12-24)18(25)14-29(26,27)13-15-5-2-1-3-6-15/h1-8H,9-14H2. The highest BCUT2D eigenvalue weighted by molar-refractivity contribution is 7.91. The third-order valence-corrected chi connectivity index (χ3v) is 7.68. The molecule has 9 heteroatoms. The van der Waals surface area contributed by atoms with Gasteiger partial charge in [0.1, 0.15) is 11.3 Å². The normalized spacial score (nSPS) is 15.1. The van der Waals surface area contributed by atoms with E-state index < -0.39 is 15.6 Å². The van der Waals surface area contributed by atoms with Gasteiger partial charge in [0.05, 0.1) is 15.5 Å². The van der Waals surface area contributed by atoms with E-state index in [0.29, 0.717) is 36.8 Å². The molecule has 4 rings (SSSR count). The zero-order valence-corrected chi connectivity index (χ0v) is 18.0. The van der Waals surface area contributed by atoms with Crippen molar-refractivity contribution in [1.82, 2.24) is 9.88 Å². The highest BCUT2D eigenvalue weighted by Crippen LogP contribution is 2.33. The van der Waals surface area contributed by atoms with E-state index in [-0.39, 0.29) is 11.7 Å². The van der Waals surface area contributed by atoms with Crippen LogP contribution in [-0.2, 0) is 20.4 Å². The van der Waals surface area contributed by atoms with Crippen LogP contribution in [0.5, 0.6) is 0 Å². The first-order valence-corrected chi connectivity index (χ1v) is 12.2. The van der Waals surface area contributed by atoms with Crippen molar-refractivity contribution in [3.8, 4) is 0 Å². The van der Waals surface area contributed by atoms with Crippen molar-refractivity contribution in [2.45, 2.75) is 5.75 Å². The predicted molar refractivity (Wildman–Crippen MR) is 117 cm³/mol. The lowest BCUT2D eigenvalue weighted by Gasteiger charge is -2.34. The maximum atomic E-state index is 12.5. The average Bonchev–Trinajstić information content (AvgIpc) is 3.14. The Morgan fingerprint density at radius 1 is 1.03 bits per heavy atom. The summed E-state index contributed by atoms with van der Waals surface area (Å²) in [5.74, 6) is -0.919. The van der Waals surface area contributed by atoms with Crippen LogP contribution >= 0.6 is 22.9 Å². The van der Waals surface area contributed by atoms with Crippen LogP contribution in [0.15, 0.2) is 48.5 Å². The van der Waals surface area contributed by atoms with Crippen molar-refractivity contribution in [2.24, 2.45) is 0 Å². The molecule has 1 saturated heterocycles. The fourth-order valence-electron chi connectivity index (χ4n) is 3.34. The number of carbonyl (C=O) groups is 1. The number of anilines is 1. The number of fused-ring (bicyclic) bond motifs is 1. The molecule has 1 amide bonds. The number of hydrogen-bond acceptors (Lipinski definition) is 6. The average molecular weight is 450 g/mol. The lowest BCUT2D eigenvalue weighted by atomic mass is 10.2. The monoisotopic (exact) mass is 449 g/mol. The Kier molecular flexibility index (Phi) is 5.76. The summed E-state index contributed by atoms with van der Waals surface area (Å²) in [6.45, 7) is 2.18. The van der Waals surface area contributed by atoms with Crippen LogP contribution in [-0.4, -0.2) is 56.1 Å². The summed E-state index contributed by atoms with van der Waals surface area (Å²) in [5, 5.41) is 1.50. The molecule has 3 aromatic rings. The van der Waals surface area contributed by atoms with Gasteiger partial charge >= 0.3 is 0 Å². The van der Waals surface area contributed by atoms with Crippen molar-refractivity contribution in [3.05, 3.63) is 59.1 Å². The second kappa shape index (κ2) is 8.30. The molecule has 0 radical (unpaired) electrons. The lowest BCUT2D eigenvalue weighted by Crippen LogP contribution is -2.50. The first kappa shape index (κ1) is 20.1. The summed E-state index contributed by atoms with van der Waals surface area (Å²) in [7, 11) is -3.50. The van der Waals surface area contributed by atoms with E-state index in [4.69, 9.17) is 11.6 Å². The Hall–Kier alpha value is -2.16. The van der Waals surface area contributed by atoms with Gasteiger partial charge in [-0.3, -0.25) is 4.79 Å². The molecule has 2 aromatic carbocycles. The fourth-order valence-corrected chi connectivity index (χ4v) is 6.02. The highest BCUT2D eigenvalue weighted by atomic mass is 35.5. The van der Waals surface area contributed by atoms with Crippen molar-refractivity contribution in [2.75, 3.05) is 36.8 Å². The van der Waals surface area contributed by atoms with Gasteiger partial charge in [-0.05, 0) is 17.7 Å². The number of para-hydroxylation sites is 1. The van der Waals surface area contributed by atoms with Crippen LogP contribution in [0, 0.1) is 0 Å². The highest BCUT2D eigenvalue weighted by Gasteiger charge is 2.26. The summed E-state index contributed by atoms with van der Waals surface area (Å²) in [4.78, 5) is 20.9. The Labute approximate surface area is 178 Å². The molecule has 1 aliphatic rings. The molecular weight excluding hydrogens is 430 g/mol. The molecule has 1 fully saturated rings. The number of hydrogen-bond donors (Lipinski definition) is 0. The maximum absolute atomic E-state index is 12.5. The topological polar surface area (TPSA) is 70.6 Å². The number of thiazole rings is 1. The van der Waals surface area contributed by atoms with E-state index >= 15 is 0 Å². The van der Waals surface area contributed by atoms with Crippen LogP contribution in [0.2, 0.25) is 5.02 Å². The van der Waals surface area contributed by atoms with Gasteiger partial charge in [-0.25, -0.2) is 13.4 Å². The lowest BCUT2D eigenvalue weighted by molar-refractivity contribution is -0.128. The van der Waals surface area contributed by atoms with Crippen LogP contribution in [0.4, 0.5) is 5.13 Å². The smallest absolute Gasteiger partial charge is 0.237 e. The van der Waals surface area contributed by atoms with Gasteiger partial charge in [0.2, 0.25) is 5.91 Å². The zero-order chi connectivity index (χ0) is 20.4. The van der Waals surface area contributed by atoms with Gasteiger partial charge in [0.15, 0.2) is 15.0 Å². The molecule has 1 aliphatic heterocycles. The van der Waals surface area contributed by atoms with E-state index in [2.05, 4.69) is 9.88 Å². The number of piperazine rings is 1. The van der Waals surface area contributed by atoms with Crippen LogP contribution < -0.4 is 4.90 Å². The molecule has 2 heterocycles. The van der Waals surface area contributed by atoms with Gasteiger partial charge in [0.25, 0.3) is 0 Å². The summed E-state index contributed by atoms with van der Waals surface area (Å²) >= 11 is 7.78. The van der Waals surface area contributed by atoms with Gasteiger partial charge in [-0.15, -0.1) is 0 Å². The second-order valence-electron chi connectivity index (χ2n) is 6.97. The molecule has 29 heavy (non-hydrogen) atoms. The summed E-state index contributed by atoms with van der Waals surface area (Å²) < 4.78 is 25.8. The summed E-state index contributed by atoms with van der Waals surface area (Å²) in [6, 6.07) is 14.6. The van der Waals surface area contributed by atoms with E-state index in [1.54, 1.807) is 40.5 Å². The number of nitrogens with zero attached hydrogens (tertiary/aromatic N) is 3. The van der Waals surface area contributed by atoms with E-state index in [1.165, 1.54) is 0 Å². The number of benzene rings is 2. The third kappa shape index (κ3) is 4.71. The minimum atomic E-state index is -3.50. The van der Waals surface area contributed by atoms with E-state index in [0.717, 1.165) is 15.3 Å². The Morgan fingerprint density at radius 3 is 2.45 bits per heavy atom. The quantitative estimate of drug-likeness (QED) is 0.598. The maximum Gasteiger partial charge on any atom is 0.237 e. The molecule has 0 bridgehead atoms. The molecule has 0 N–H and O–H groups in total. The Bertz CT molecular complexity index is 1120. The minimum absolute atomic E-state index is 0.119. The molecule has 1 aromatic heterocycles. The van der Waals surface area contributed by atoms with E-state index in [1.807, 2.05) is 24.3 Å². The molecular formula is C20H20ClN3O3S2. The third-order valence-electron chi connectivity index (χ3n) is 4.83. The zero-order valence-electron chi connectivity index (χ0n) is 15.6. The molecule has 0 aliphatic carbocycles. The number of sulfone groups is 1.